The summed E-state index contributed by atoms with van der Waals surface area (Å²) in [6, 6.07) is 9.62. The molecular weight excluding hydrogens is 328 g/mol. The minimum absolute atomic E-state index is 0.156. The third-order valence-electron chi connectivity index (χ3n) is 4.55. The number of rotatable bonds is 6. The molecule has 0 bridgehead atoms. The third kappa shape index (κ3) is 4.71. The Bertz CT molecular complexity index is 757. The van der Waals surface area contributed by atoms with Gasteiger partial charge in [0.15, 0.2) is 0 Å². The summed E-state index contributed by atoms with van der Waals surface area (Å²) in [5.74, 6) is 1.34. The second kappa shape index (κ2) is 8.65. The highest BCUT2D eigenvalue weighted by atomic mass is 16.5. The maximum Gasteiger partial charge on any atom is 0.270 e. The van der Waals surface area contributed by atoms with Crippen LogP contribution in [0.5, 0.6) is 5.75 Å². The molecule has 0 unspecified atom stereocenters. The van der Waals surface area contributed by atoms with Crippen molar-refractivity contribution >= 4 is 11.9 Å². The van der Waals surface area contributed by atoms with Gasteiger partial charge in [0.2, 0.25) is 5.95 Å². The summed E-state index contributed by atoms with van der Waals surface area (Å²) in [6.07, 6.45) is 4.30. The van der Waals surface area contributed by atoms with Crippen molar-refractivity contribution in [3.05, 3.63) is 47.3 Å². The molecule has 0 spiro atoms. The van der Waals surface area contributed by atoms with E-state index in [4.69, 9.17) is 4.74 Å². The van der Waals surface area contributed by atoms with Crippen molar-refractivity contribution in [2.24, 2.45) is 0 Å². The van der Waals surface area contributed by atoms with Gasteiger partial charge in [0.1, 0.15) is 11.4 Å². The predicted octanol–water partition coefficient (Wildman–Crippen LogP) is 2.76. The van der Waals surface area contributed by atoms with E-state index in [1.807, 2.05) is 31.2 Å². The molecule has 2 aromatic rings. The van der Waals surface area contributed by atoms with E-state index in [1.165, 1.54) is 6.42 Å². The Morgan fingerprint density at radius 1 is 1.19 bits per heavy atom. The number of nitrogens with one attached hydrogen (secondary N) is 1. The third-order valence-corrected chi connectivity index (χ3v) is 4.55. The van der Waals surface area contributed by atoms with E-state index in [2.05, 4.69) is 20.2 Å². The first-order valence-corrected chi connectivity index (χ1v) is 9.17. The van der Waals surface area contributed by atoms with Crippen LogP contribution in [0.1, 0.15) is 41.0 Å². The van der Waals surface area contributed by atoms with Crippen LogP contribution >= 0.6 is 0 Å². The van der Waals surface area contributed by atoms with E-state index in [-0.39, 0.29) is 5.91 Å². The van der Waals surface area contributed by atoms with Crippen molar-refractivity contribution in [3.63, 3.8) is 0 Å². The first-order valence-electron chi connectivity index (χ1n) is 9.17. The second-order valence-electron chi connectivity index (χ2n) is 6.60. The Morgan fingerprint density at radius 2 is 2.00 bits per heavy atom. The van der Waals surface area contributed by atoms with Crippen LogP contribution in [-0.4, -0.2) is 42.6 Å². The van der Waals surface area contributed by atoms with E-state index in [9.17, 15) is 4.79 Å². The molecule has 3 rings (SSSR count). The molecule has 1 aromatic carbocycles. The molecule has 0 aliphatic carbocycles. The SMILES string of the molecule is COc1cccc(CCNC(=O)c2cc(C)nc(N3CCCCC3)n2)c1. The van der Waals surface area contributed by atoms with Gasteiger partial charge in [0, 0.05) is 25.3 Å². The van der Waals surface area contributed by atoms with Gasteiger partial charge in [-0.05, 0) is 56.4 Å². The van der Waals surface area contributed by atoms with Crippen molar-refractivity contribution in [1.82, 2.24) is 15.3 Å². The van der Waals surface area contributed by atoms with E-state index < -0.39 is 0 Å². The average molecular weight is 354 g/mol. The van der Waals surface area contributed by atoms with Crippen LogP contribution < -0.4 is 15.0 Å². The van der Waals surface area contributed by atoms with Crippen LogP contribution in [0.15, 0.2) is 30.3 Å². The molecule has 1 amide bonds. The van der Waals surface area contributed by atoms with Crippen molar-refractivity contribution in [3.8, 4) is 5.75 Å². The van der Waals surface area contributed by atoms with Gasteiger partial charge in [0.25, 0.3) is 5.91 Å². The maximum absolute atomic E-state index is 12.5. The first-order chi connectivity index (χ1) is 12.7. The van der Waals surface area contributed by atoms with Gasteiger partial charge < -0.3 is 15.0 Å². The van der Waals surface area contributed by atoms with Gasteiger partial charge in [-0.2, -0.15) is 0 Å². The number of methoxy groups -OCH3 is 1. The summed E-state index contributed by atoms with van der Waals surface area (Å²) in [5, 5.41) is 2.95. The molecule has 0 saturated carbocycles. The molecule has 1 N–H and O–H groups in total. The number of hydrogen-bond donors (Lipinski definition) is 1. The zero-order valence-electron chi connectivity index (χ0n) is 15.5. The molecule has 0 radical (unpaired) electrons. The fraction of sp³-hybridized carbons (Fsp3) is 0.450. The Labute approximate surface area is 154 Å². The highest BCUT2D eigenvalue weighted by molar-refractivity contribution is 5.92. The molecule has 6 nitrogen and oxygen atoms in total. The molecule has 6 heteroatoms. The van der Waals surface area contributed by atoms with Crippen LogP contribution in [0.2, 0.25) is 0 Å². The van der Waals surface area contributed by atoms with Crippen LogP contribution in [0, 0.1) is 6.92 Å². The van der Waals surface area contributed by atoms with Gasteiger partial charge in [-0.15, -0.1) is 0 Å². The van der Waals surface area contributed by atoms with Crippen LogP contribution in [-0.2, 0) is 6.42 Å². The standard InChI is InChI=1S/C20H26N4O2/c1-15-13-18(23-20(22-15)24-11-4-3-5-12-24)19(25)21-10-9-16-7-6-8-17(14-16)26-2/h6-8,13-14H,3-5,9-12H2,1-2H3,(H,21,25). The highest BCUT2D eigenvalue weighted by Gasteiger charge is 2.17. The summed E-state index contributed by atoms with van der Waals surface area (Å²) >= 11 is 0. The molecule has 1 aliphatic heterocycles. The van der Waals surface area contributed by atoms with E-state index >= 15 is 0 Å². The number of piperidine rings is 1. The lowest BCUT2D eigenvalue weighted by Crippen LogP contribution is -2.32. The molecule has 2 heterocycles. The minimum Gasteiger partial charge on any atom is -0.497 e. The number of ether oxygens (including phenoxy) is 1. The van der Waals surface area contributed by atoms with Gasteiger partial charge in [0.05, 0.1) is 7.11 Å². The monoisotopic (exact) mass is 354 g/mol. The number of benzene rings is 1. The summed E-state index contributed by atoms with van der Waals surface area (Å²) < 4.78 is 5.23. The normalized spacial score (nSPS) is 14.2. The first kappa shape index (κ1) is 18.2. The van der Waals surface area contributed by atoms with Crippen LogP contribution in [0.3, 0.4) is 0 Å². The summed E-state index contributed by atoms with van der Waals surface area (Å²) in [5.41, 5.74) is 2.37. The Hall–Kier alpha value is -2.63. The fourth-order valence-electron chi connectivity index (χ4n) is 3.14. The number of amides is 1. The van der Waals surface area contributed by atoms with Gasteiger partial charge in [-0.3, -0.25) is 4.79 Å². The van der Waals surface area contributed by atoms with Crippen LogP contribution in [0.25, 0.3) is 0 Å². The van der Waals surface area contributed by atoms with Gasteiger partial charge in [-0.25, -0.2) is 9.97 Å². The smallest absolute Gasteiger partial charge is 0.270 e. The van der Waals surface area contributed by atoms with Crippen molar-refractivity contribution in [2.45, 2.75) is 32.6 Å². The molecule has 1 aliphatic rings. The molecule has 1 aromatic heterocycles. The molecule has 0 atom stereocenters. The van der Waals surface area contributed by atoms with Crippen molar-refractivity contribution in [2.75, 3.05) is 31.6 Å². The summed E-state index contributed by atoms with van der Waals surface area (Å²) in [7, 11) is 1.65. The predicted molar refractivity (Wildman–Crippen MR) is 102 cm³/mol. The van der Waals surface area contributed by atoms with E-state index in [1.54, 1.807) is 13.2 Å². The molecule has 26 heavy (non-hydrogen) atoms. The second-order valence-corrected chi connectivity index (χ2v) is 6.60. The topological polar surface area (TPSA) is 67.3 Å². The Kier molecular flexibility index (Phi) is 6.04. The number of aryl methyl sites for hydroxylation is 1. The quantitative estimate of drug-likeness (QED) is 0.864. The number of carbonyl (C=O) groups is 1. The zero-order chi connectivity index (χ0) is 18.4. The van der Waals surface area contributed by atoms with E-state index in [0.29, 0.717) is 18.2 Å². The number of aromatic nitrogens is 2. The largest absolute Gasteiger partial charge is 0.497 e. The number of carbonyl (C=O) groups excluding carboxylic acids is 1. The maximum atomic E-state index is 12.5. The van der Waals surface area contributed by atoms with Crippen molar-refractivity contribution < 1.29 is 9.53 Å². The van der Waals surface area contributed by atoms with Gasteiger partial charge in [-0.1, -0.05) is 12.1 Å². The highest BCUT2D eigenvalue weighted by Crippen LogP contribution is 2.17. The molecule has 1 saturated heterocycles. The fourth-order valence-corrected chi connectivity index (χ4v) is 3.14. The Balaban J connectivity index is 1.61. The molecule has 138 valence electrons. The van der Waals surface area contributed by atoms with Gasteiger partial charge >= 0.3 is 0 Å². The van der Waals surface area contributed by atoms with E-state index in [0.717, 1.165) is 49.4 Å². The zero-order valence-corrected chi connectivity index (χ0v) is 15.5. The number of nitrogens with zero attached hydrogens (tertiary/aromatic N) is 3. The lowest BCUT2D eigenvalue weighted by Gasteiger charge is -2.27. The lowest BCUT2D eigenvalue weighted by molar-refractivity contribution is 0.0949. The minimum atomic E-state index is -0.156. The number of anilines is 1. The molecular formula is C20H26N4O2. The molecule has 1 fully saturated rings. The average Bonchev–Trinajstić information content (AvgIpc) is 2.68. The summed E-state index contributed by atoms with van der Waals surface area (Å²) in [6.45, 7) is 4.37. The Morgan fingerprint density at radius 3 is 2.77 bits per heavy atom. The van der Waals surface area contributed by atoms with Crippen molar-refractivity contribution in [1.29, 1.82) is 0 Å². The van der Waals surface area contributed by atoms with Crippen LogP contribution in [0.4, 0.5) is 5.95 Å². The summed E-state index contributed by atoms with van der Waals surface area (Å²) in [4.78, 5) is 23.7. The lowest BCUT2D eigenvalue weighted by atomic mass is 10.1. The number of hydrogen-bond acceptors (Lipinski definition) is 5.